The van der Waals surface area contributed by atoms with Crippen molar-refractivity contribution in [3.63, 3.8) is 0 Å². The molecule has 1 rings (SSSR count). The van der Waals surface area contributed by atoms with Crippen LogP contribution in [-0.2, 0) is 10.6 Å². The Hall–Kier alpha value is -1.41. The Morgan fingerprint density at radius 2 is 2.55 bits per heavy atom. The molecule has 1 unspecified atom stereocenters. The van der Waals surface area contributed by atoms with Crippen molar-refractivity contribution < 1.29 is 13.6 Å². The van der Waals surface area contributed by atoms with Gasteiger partial charge in [-0.1, -0.05) is 0 Å². The number of aliphatic imine (C=N–C) groups is 1. The van der Waals surface area contributed by atoms with Crippen molar-refractivity contribution in [2.75, 3.05) is 0 Å². The molecule has 0 fully saturated rings. The minimum absolute atomic E-state index is 0.000787. The van der Waals surface area contributed by atoms with Crippen molar-refractivity contribution in [2.45, 2.75) is 12.7 Å². The molecule has 0 amide bonds. The van der Waals surface area contributed by atoms with Crippen molar-refractivity contribution in [3.8, 4) is 0 Å². The topological polar surface area (TPSA) is 42.6 Å². The summed E-state index contributed by atoms with van der Waals surface area (Å²) in [5.74, 6) is -2.09. The number of carbonyl (C=O) groups excluding carboxylic acids is 1. The zero-order chi connectivity index (χ0) is 8.32. The summed E-state index contributed by atoms with van der Waals surface area (Å²) in [6, 6.07) is 2.92. The maximum absolute atomic E-state index is 13.1. The highest BCUT2D eigenvalue weighted by Crippen LogP contribution is 2.26. The molecule has 0 spiro atoms. The Morgan fingerprint density at radius 1 is 1.82 bits per heavy atom. The molecule has 0 N–H and O–H groups in total. The largest absolute Gasteiger partial charge is 0.464 e. The normalized spacial score (nSPS) is 15.1. The summed E-state index contributed by atoms with van der Waals surface area (Å²) >= 11 is 0. The quantitative estimate of drug-likeness (QED) is 0.371. The molecule has 0 aliphatic carbocycles. The maximum atomic E-state index is 13.1. The van der Waals surface area contributed by atoms with E-state index in [1.807, 2.05) is 0 Å². The third-order valence-electron chi connectivity index (χ3n) is 1.23. The van der Waals surface area contributed by atoms with Gasteiger partial charge in [0.2, 0.25) is 6.08 Å². The summed E-state index contributed by atoms with van der Waals surface area (Å²) in [5, 5.41) is 0. The van der Waals surface area contributed by atoms with Gasteiger partial charge in [-0.3, -0.25) is 0 Å². The first-order chi connectivity index (χ1) is 5.17. The van der Waals surface area contributed by atoms with Crippen molar-refractivity contribution in [3.05, 3.63) is 24.2 Å². The highest BCUT2D eigenvalue weighted by Gasteiger charge is 2.27. The first kappa shape index (κ1) is 7.69. The lowest BCUT2D eigenvalue weighted by Crippen LogP contribution is -2.09. The molecule has 4 heteroatoms. The number of hydrogen-bond donors (Lipinski definition) is 0. The molecule has 0 aliphatic rings. The summed E-state index contributed by atoms with van der Waals surface area (Å²) in [7, 11) is 0. The number of hydrogen-bond acceptors (Lipinski definition) is 3. The molecule has 58 valence electrons. The van der Waals surface area contributed by atoms with Gasteiger partial charge in [0, 0.05) is 0 Å². The fourth-order valence-electron chi connectivity index (χ4n) is 0.679. The molecular formula is C7H6FNO2. The number of rotatable bonds is 2. The second-order valence-corrected chi connectivity index (χ2v) is 2.13. The van der Waals surface area contributed by atoms with E-state index in [1.54, 1.807) is 0 Å². The molecule has 0 bridgehead atoms. The van der Waals surface area contributed by atoms with E-state index in [2.05, 4.69) is 4.99 Å². The lowest BCUT2D eigenvalue weighted by Gasteiger charge is -2.07. The summed E-state index contributed by atoms with van der Waals surface area (Å²) in [6.07, 6.45) is 2.45. The molecule has 0 aromatic carbocycles. The van der Waals surface area contributed by atoms with Gasteiger partial charge >= 0.3 is 0 Å². The molecule has 11 heavy (non-hydrogen) atoms. The summed E-state index contributed by atoms with van der Waals surface area (Å²) in [5.41, 5.74) is 0. The molecule has 0 saturated heterocycles. The molecular weight excluding hydrogens is 149 g/mol. The molecule has 1 atom stereocenters. The van der Waals surface area contributed by atoms with Gasteiger partial charge in [-0.15, -0.1) is 0 Å². The van der Waals surface area contributed by atoms with E-state index in [0.29, 0.717) is 0 Å². The fraction of sp³-hybridized carbons (Fsp3) is 0.286. The predicted molar refractivity (Wildman–Crippen MR) is 35.3 cm³/mol. The summed E-state index contributed by atoms with van der Waals surface area (Å²) < 4.78 is 17.8. The van der Waals surface area contributed by atoms with E-state index in [4.69, 9.17) is 4.42 Å². The van der Waals surface area contributed by atoms with Crippen LogP contribution in [0.3, 0.4) is 0 Å². The Kier molecular flexibility index (Phi) is 1.87. The SMILES string of the molecule is CC(F)(N=C=O)c1ccco1. The van der Waals surface area contributed by atoms with Gasteiger partial charge in [-0.05, 0) is 19.1 Å². The first-order valence-corrected chi connectivity index (χ1v) is 2.99. The van der Waals surface area contributed by atoms with E-state index >= 15 is 0 Å². The van der Waals surface area contributed by atoms with Crippen molar-refractivity contribution in [1.29, 1.82) is 0 Å². The molecule has 0 radical (unpaired) electrons. The smallest absolute Gasteiger partial charge is 0.265 e. The van der Waals surface area contributed by atoms with Crippen LogP contribution in [0.1, 0.15) is 12.7 Å². The predicted octanol–water partition coefficient (Wildman–Crippen LogP) is 1.76. The monoisotopic (exact) mass is 155 g/mol. The molecule has 0 aliphatic heterocycles. The van der Waals surface area contributed by atoms with Crippen LogP contribution < -0.4 is 0 Å². The zero-order valence-electron chi connectivity index (χ0n) is 5.87. The first-order valence-electron chi connectivity index (χ1n) is 2.99. The van der Waals surface area contributed by atoms with Crippen LogP contribution in [0.25, 0.3) is 0 Å². The van der Waals surface area contributed by atoms with Gasteiger partial charge in [0.15, 0.2) is 5.76 Å². The van der Waals surface area contributed by atoms with Gasteiger partial charge in [-0.25, -0.2) is 9.18 Å². The van der Waals surface area contributed by atoms with Gasteiger partial charge in [0.25, 0.3) is 5.79 Å². The number of furan rings is 1. The van der Waals surface area contributed by atoms with E-state index in [1.165, 1.54) is 18.4 Å². The lowest BCUT2D eigenvalue weighted by molar-refractivity contribution is 0.165. The minimum atomic E-state index is -2.09. The number of isocyanates is 1. The summed E-state index contributed by atoms with van der Waals surface area (Å²) in [4.78, 5) is 12.7. The van der Waals surface area contributed by atoms with Crippen LogP contribution in [0.5, 0.6) is 0 Å². The summed E-state index contributed by atoms with van der Waals surface area (Å²) in [6.45, 7) is 1.12. The minimum Gasteiger partial charge on any atom is -0.464 e. The second kappa shape index (κ2) is 2.68. The second-order valence-electron chi connectivity index (χ2n) is 2.13. The average Bonchev–Trinajstić information content (AvgIpc) is 2.37. The van der Waals surface area contributed by atoms with E-state index in [9.17, 15) is 9.18 Å². The number of nitrogens with zero attached hydrogens (tertiary/aromatic N) is 1. The molecule has 0 saturated carbocycles. The molecule has 1 aromatic heterocycles. The van der Waals surface area contributed by atoms with Crippen molar-refractivity contribution in [2.24, 2.45) is 4.99 Å². The van der Waals surface area contributed by atoms with E-state index in [0.717, 1.165) is 13.0 Å². The molecule has 1 aromatic rings. The Labute approximate surface area is 62.5 Å². The van der Waals surface area contributed by atoms with Crippen LogP contribution in [-0.4, -0.2) is 6.08 Å². The van der Waals surface area contributed by atoms with Gasteiger partial charge < -0.3 is 4.42 Å². The highest BCUT2D eigenvalue weighted by atomic mass is 19.1. The van der Waals surface area contributed by atoms with Crippen LogP contribution in [0.2, 0.25) is 0 Å². The van der Waals surface area contributed by atoms with Crippen LogP contribution in [0, 0.1) is 0 Å². The van der Waals surface area contributed by atoms with Gasteiger partial charge in [0.05, 0.1) is 6.26 Å². The van der Waals surface area contributed by atoms with E-state index in [-0.39, 0.29) is 5.76 Å². The lowest BCUT2D eigenvalue weighted by atomic mass is 10.2. The Balaban J connectivity index is 2.99. The highest BCUT2D eigenvalue weighted by molar-refractivity contribution is 5.35. The van der Waals surface area contributed by atoms with Crippen molar-refractivity contribution >= 4 is 6.08 Å². The van der Waals surface area contributed by atoms with Gasteiger partial charge in [-0.2, -0.15) is 4.99 Å². The molecule has 3 nitrogen and oxygen atoms in total. The maximum Gasteiger partial charge on any atom is 0.265 e. The van der Waals surface area contributed by atoms with Crippen LogP contribution >= 0.6 is 0 Å². The van der Waals surface area contributed by atoms with Crippen LogP contribution in [0.4, 0.5) is 4.39 Å². The fourth-order valence-corrected chi connectivity index (χ4v) is 0.679. The zero-order valence-corrected chi connectivity index (χ0v) is 5.87. The Bertz CT molecular complexity index is 273. The molecule has 1 heterocycles. The van der Waals surface area contributed by atoms with Crippen LogP contribution in [0.15, 0.2) is 27.8 Å². The Morgan fingerprint density at radius 3 is 3.00 bits per heavy atom. The number of alkyl halides is 1. The third-order valence-corrected chi connectivity index (χ3v) is 1.23. The number of halogens is 1. The van der Waals surface area contributed by atoms with E-state index < -0.39 is 5.79 Å². The average molecular weight is 155 g/mol. The van der Waals surface area contributed by atoms with Crippen molar-refractivity contribution in [1.82, 2.24) is 0 Å². The van der Waals surface area contributed by atoms with Gasteiger partial charge in [0.1, 0.15) is 0 Å². The third kappa shape index (κ3) is 1.53. The standard InChI is InChI=1S/C7H6FNO2/c1-7(8,9-5-10)6-3-2-4-11-6/h2-4H,1H3.